The van der Waals surface area contributed by atoms with Crippen molar-refractivity contribution in [2.75, 3.05) is 47.2 Å². The number of ether oxygens (including phenoxy) is 4. The molecule has 152 valence electrons. The van der Waals surface area contributed by atoms with E-state index in [1.54, 1.807) is 14.2 Å². The predicted octanol–water partition coefficient (Wildman–Crippen LogP) is 1.10. The van der Waals surface area contributed by atoms with Crippen LogP contribution in [0.1, 0.15) is 44.9 Å². The number of rotatable bonds is 16. The standard InChI is InChI=1S/C18H33NO7/c1-23-18(24-2)7-3-5-15(20)6-4-11-25-13-14-26-12-10-19-16(21)8-9-17(19)22/h15,18,20H,3-14H2,1-2H3. The maximum Gasteiger partial charge on any atom is 0.229 e. The molecule has 8 nitrogen and oxygen atoms in total. The van der Waals surface area contributed by atoms with Crippen LogP contribution in [-0.2, 0) is 28.5 Å². The molecule has 1 aliphatic heterocycles. The minimum absolute atomic E-state index is 0.117. The minimum Gasteiger partial charge on any atom is -0.393 e. The van der Waals surface area contributed by atoms with Crippen LogP contribution in [-0.4, -0.2) is 81.4 Å². The molecule has 2 amide bonds. The quantitative estimate of drug-likeness (QED) is 0.245. The normalized spacial score (nSPS) is 16.1. The van der Waals surface area contributed by atoms with Gasteiger partial charge in [0, 0.05) is 33.7 Å². The number of hydrogen-bond acceptors (Lipinski definition) is 7. The molecule has 1 heterocycles. The van der Waals surface area contributed by atoms with E-state index in [0.717, 1.165) is 25.7 Å². The van der Waals surface area contributed by atoms with Crippen molar-refractivity contribution in [1.29, 1.82) is 0 Å². The van der Waals surface area contributed by atoms with E-state index in [0.29, 0.717) is 52.2 Å². The maximum atomic E-state index is 11.4. The minimum atomic E-state index is -0.334. The van der Waals surface area contributed by atoms with Crippen molar-refractivity contribution in [3.8, 4) is 0 Å². The van der Waals surface area contributed by atoms with Gasteiger partial charge in [0.25, 0.3) is 0 Å². The first-order valence-corrected chi connectivity index (χ1v) is 9.30. The second kappa shape index (κ2) is 14.1. The summed E-state index contributed by atoms with van der Waals surface area (Å²) in [5.41, 5.74) is 0. The first-order chi connectivity index (χ1) is 12.6. The molecule has 0 aromatic carbocycles. The van der Waals surface area contributed by atoms with Crippen LogP contribution in [0.2, 0.25) is 0 Å². The molecular weight excluding hydrogens is 342 g/mol. The lowest BCUT2D eigenvalue weighted by Gasteiger charge is -2.15. The third kappa shape index (κ3) is 9.59. The SMILES string of the molecule is COC(CCCC(O)CCCOCCOCCN1C(=O)CCC1=O)OC. The summed E-state index contributed by atoms with van der Waals surface area (Å²) in [6.45, 7) is 2.11. The molecule has 1 N–H and O–H groups in total. The summed E-state index contributed by atoms with van der Waals surface area (Å²) in [4.78, 5) is 24.1. The van der Waals surface area contributed by atoms with Crippen LogP contribution < -0.4 is 0 Å². The molecule has 1 saturated heterocycles. The highest BCUT2D eigenvalue weighted by atomic mass is 16.7. The molecule has 0 spiro atoms. The van der Waals surface area contributed by atoms with Gasteiger partial charge < -0.3 is 24.1 Å². The number of methoxy groups -OCH3 is 2. The fourth-order valence-corrected chi connectivity index (χ4v) is 2.77. The maximum absolute atomic E-state index is 11.4. The van der Waals surface area contributed by atoms with Gasteiger partial charge in [0.1, 0.15) is 0 Å². The van der Waals surface area contributed by atoms with Crippen molar-refractivity contribution in [2.24, 2.45) is 0 Å². The van der Waals surface area contributed by atoms with Crippen molar-refractivity contribution in [3.63, 3.8) is 0 Å². The number of amides is 2. The van der Waals surface area contributed by atoms with E-state index in [9.17, 15) is 14.7 Å². The molecule has 0 aliphatic carbocycles. The number of hydrogen-bond donors (Lipinski definition) is 1. The fraction of sp³-hybridized carbons (Fsp3) is 0.889. The van der Waals surface area contributed by atoms with Gasteiger partial charge in [-0.1, -0.05) is 0 Å². The zero-order valence-corrected chi connectivity index (χ0v) is 16.0. The van der Waals surface area contributed by atoms with Gasteiger partial charge in [-0.05, 0) is 32.1 Å². The lowest BCUT2D eigenvalue weighted by Crippen LogP contribution is -2.32. The Kier molecular flexibility index (Phi) is 12.4. The third-order valence-electron chi connectivity index (χ3n) is 4.32. The molecule has 8 heteroatoms. The van der Waals surface area contributed by atoms with Crippen molar-refractivity contribution in [3.05, 3.63) is 0 Å². The second-order valence-electron chi connectivity index (χ2n) is 6.29. The molecule has 1 fully saturated rings. The highest BCUT2D eigenvalue weighted by molar-refractivity contribution is 6.01. The summed E-state index contributed by atoms with van der Waals surface area (Å²) in [5.74, 6) is -0.235. The van der Waals surface area contributed by atoms with Gasteiger partial charge in [-0.15, -0.1) is 0 Å². The van der Waals surface area contributed by atoms with Crippen LogP contribution >= 0.6 is 0 Å². The first kappa shape index (κ1) is 23.0. The molecule has 26 heavy (non-hydrogen) atoms. The average molecular weight is 375 g/mol. The first-order valence-electron chi connectivity index (χ1n) is 9.30. The summed E-state index contributed by atoms with van der Waals surface area (Å²) in [5, 5.41) is 9.91. The summed E-state index contributed by atoms with van der Waals surface area (Å²) >= 11 is 0. The van der Waals surface area contributed by atoms with E-state index in [1.165, 1.54) is 4.90 Å². The molecule has 0 bridgehead atoms. The monoisotopic (exact) mass is 375 g/mol. The van der Waals surface area contributed by atoms with Crippen molar-refractivity contribution >= 4 is 11.8 Å². The van der Waals surface area contributed by atoms with Gasteiger partial charge >= 0.3 is 0 Å². The summed E-state index contributed by atoms with van der Waals surface area (Å²) in [7, 11) is 3.22. The molecular formula is C18H33NO7. The molecule has 1 unspecified atom stereocenters. The largest absolute Gasteiger partial charge is 0.393 e. The second-order valence-corrected chi connectivity index (χ2v) is 6.29. The van der Waals surface area contributed by atoms with Gasteiger partial charge in [0.15, 0.2) is 6.29 Å². The highest BCUT2D eigenvalue weighted by Crippen LogP contribution is 2.11. The van der Waals surface area contributed by atoms with Crippen LogP contribution in [0.15, 0.2) is 0 Å². The Morgan fingerprint density at radius 2 is 1.46 bits per heavy atom. The molecule has 1 rings (SSSR count). The van der Waals surface area contributed by atoms with E-state index in [4.69, 9.17) is 18.9 Å². The van der Waals surface area contributed by atoms with E-state index >= 15 is 0 Å². The van der Waals surface area contributed by atoms with Crippen LogP contribution in [0.25, 0.3) is 0 Å². The van der Waals surface area contributed by atoms with Gasteiger partial charge in [-0.2, -0.15) is 0 Å². The van der Waals surface area contributed by atoms with E-state index in [1.807, 2.05) is 0 Å². The van der Waals surface area contributed by atoms with Gasteiger partial charge in [-0.25, -0.2) is 0 Å². The van der Waals surface area contributed by atoms with Crippen molar-refractivity contribution in [2.45, 2.75) is 57.3 Å². The highest BCUT2D eigenvalue weighted by Gasteiger charge is 2.28. The number of carbonyl (C=O) groups excluding carboxylic acids is 2. The van der Waals surface area contributed by atoms with E-state index < -0.39 is 0 Å². The fourth-order valence-electron chi connectivity index (χ4n) is 2.77. The molecule has 1 aliphatic rings. The Balaban J connectivity index is 1.87. The number of imide groups is 1. The zero-order chi connectivity index (χ0) is 19.2. The third-order valence-corrected chi connectivity index (χ3v) is 4.32. The summed E-state index contributed by atoms with van der Waals surface area (Å²) < 4.78 is 21.0. The number of aliphatic hydroxyl groups excluding tert-OH is 1. The van der Waals surface area contributed by atoms with Crippen molar-refractivity contribution in [1.82, 2.24) is 4.90 Å². The zero-order valence-electron chi connectivity index (χ0n) is 16.0. The Labute approximate surface area is 155 Å². The Bertz CT molecular complexity index is 385. The number of nitrogens with zero attached hydrogens (tertiary/aromatic N) is 1. The summed E-state index contributed by atoms with van der Waals surface area (Å²) in [6.07, 6.45) is 3.92. The molecule has 0 aromatic heterocycles. The van der Waals surface area contributed by atoms with Crippen LogP contribution in [0.4, 0.5) is 0 Å². The number of carbonyl (C=O) groups is 2. The Morgan fingerprint density at radius 1 is 0.885 bits per heavy atom. The van der Waals surface area contributed by atoms with E-state index in [-0.39, 0.29) is 24.2 Å². The topological polar surface area (TPSA) is 94.5 Å². The van der Waals surface area contributed by atoms with E-state index in [2.05, 4.69) is 0 Å². The van der Waals surface area contributed by atoms with Crippen molar-refractivity contribution < 1.29 is 33.6 Å². The number of aliphatic hydroxyl groups is 1. The molecule has 0 aromatic rings. The van der Waals surface area contributed by atoms with Gasteiger partial charge in [-0.3, -0.25) is 14.5 Å². The van der Waals surface area contributed by atoms with Crippen LogP contribution in [0.5, 0.6) is 0 Å². The smallest absolute Gasteiger partial charge is 0.229 e. The van der Waals surface area contributed by atoms with Gasteiger partial charge in [0.2, 0.25) is 11.8 Å². The van der Waals surface area contributed by atoms with Crippen LogP contribution in [0.3, 0.4) is 0 Å². The molecule has 0 radical (unpaired) electrons. The predicted molar refractivity (Wildman–Crippen MR) is 94.5 cm³/mol. The Morgan fingerprint density at radius 3 is 2.08 bits per heavy atom. The molecule has 0 saturated carbocycles. The number of likely N-dealkylation sites (tertiary alicyclic amines) is 1. The Hall–Kier alpha value is -1.06. The summed E-state index contributed by atoms with van der Waals surface area (Å²) in [6, 6.07) is 0. The lowest BCUT2D eigenvalue weighted by molar-refractivity contribution is -0.139. The molecule has 1 atom stereocenters. The average Bonchev–Trinajstić information content (AvgIpc) is 2.95. The van der Waals surface area contributed by atoms with Gasteiger partial charge in [0.05, 0.1) is 32.5 Å². The lowest BCUT2D eigenvalue weighted by atomic mass is 10.1. The van der Waals surface area contributed by atoms with Crippen LogP contribution in [0, 0.1) is 0 Å².